The van der Waals surface area contributed by atoms with Gasteiger partial charge in [-0.3, -0.25) is 4.79 Å². The second kappa shape index (κ2) is 7.21. The number of hydrogen-bond donors (Lipinski definition) is 1. The molecular formula is C17H27N3O3S. The van der Waals surface area contributed by atoms with Gasteiger partial charge in [-0.05, 0) is 24.7 Å². The molecule has 0 aromatic heterocycles. The zero-order chi connectivity index (χ0) is 18.0. The smallest absolute Gasteiger partial charge is 0.243 e. The fraction of sp³-hybridized carbons (Fsp3) is 0.588. The van der Waals surface area contributed by atoms with Crippen LogP contribution in [0.4, 0.5) is 5.69 Å². The van der Waals surface area contributed by atoms with E-state index in [-0.39, 0.29) is 10.8 Å². The summed E-state index contributed by atoms with van der Waals surface area (Å²) in [6.45, 7) is 10.9. The van der Waals surface area contributed by atoms with Crippen LogP contribution in [0, 0.1) is 5.41 Å². The number of anilines is 1. The monoisotopic (exact) mass is 353 g/mol. The van der Waals surface area contributed by atoms with Gasteiger partial charge in [-0.15, -0.1) is 0 Å². The number of carbonyl (C=O) groups excluding carboxylic acids is 1. The molecule has 1 heterocycles. The van der Waals surface area contributed by atoms with Gasteiger partial charge in [0.05, 0.1) is 4.90 Å². The van der Waals surface area contributed by atoms with Crippen LogP contribution in [0.1, 0.15) is 27.7 Å². The highest BCUT2D eigenvalue weighted by atomic mass is 32.2. The van der Waals surface area contributed by atoms with Gasteiger partial charge in [0.15, 0.2) is 0 Å². The highest BCUT2D eigenvalue weighted by Gasteiger charge is 2.28. The van der Waals surface area contributed by atoms with Crippen molar-refractivity contribution >= 4 is 21.6 Å². The van der Waals surface area contributed by atoms with Gasteiger partial charge < -0.3 is 10.2 Å². The van der Waals surface area contributed by atoms with E-state index in [0.717, 1.165) is 19.6 Å². The zero-order valence-electron chi connectivity index (χ0n) is 14.9. The number of rotatable bonds is 4. The molecule has 0 unspecified atom stereocenters. The Labute approximate surface area is 144 Å². The minimum Gasteiger partial charge on any atom is -0.326 e. The van der Waals surface area contributed by atoms with E-state index < -0.39 is 15.4 Å². The van der Waals surface area contributed by atoms with E-state index in [4.69, 9.17) is 0 Å². The van der Waals surface area contributed by atoms with Crippen molar-refractivity contribution in [3.05, 3.63) is 24.3 Å². The zero-order valence-corrected chi connectivity index (χ0v) is 15.7. The van der Waals surface area contributed by atoms with Gasteiger partial charge in [-0.1, -0.05) is 33.8 Å². The Morgan fingerprint density at radius 1 is 1.17 bits per heavy atom. The molecule has 6 nitrogen and oxygen atoms in total. The predicted molar refractivity (Wildman–Crippen MR) is 95.4 cm³/mol. The van der Waals surface area contributed by atoms with Crippen LogP contribution in [0.25, 0.3) is 0 Å². The van der Waals surface area contributed by atoms with E-state index in [1.807, 2.05) is 20.8 Å². The maximum absolute atomic E-state index is 12.8. The minimum atomic E-state index is -3.53. The highest BCUT2D eigenvalue weighted by Crippen LogP contribution is 2.23. The van der Waals surface area contributed by atoms with Crippen molar-refractivity contribution in [3.8, 4) is 0 Å². The number of carbonyl (C=O) groups is 1. The Bertz CT molecular complexity index is 687. The molecule has 1 amide bonds. The van der Waals surface area contributed by atoms with Gasteiger partial charge in [0.1, 0.15) is 0 Å². The summed E-state index contributed by atoms with van der Waals surface area (Å²) in [6.07, 6.45) is 0. The van der Waals surface area contributed by atoms with Gasteiger partial charge >= 0.3 is 0 Å². The maximum Gasteiger partial charge on any atom is 0.243 e. The predicted octanol–water partition coefficient (Wildman–Crippen LogP) is 2.00. The van der Waals surface area contributed by atoms with Crippen molar-refractivity contribution in [2.24, 2.45) is 5.41 Å². The van der Waals surface area contributed by atoms with E-state index in [1.165, 1.54) is 10.4 Å². The third kappa shape index (κ3) is 4.34. The molecule has 0 bridgehead atoms. The first kappa shape index (κ1) is 18.9. The maximum atomic E-state index is 12.8. The lowest BCUT2D eigenvalue weighted by Gasteiger charge is -2.33. The van der Waals surface area contributed by atoms with E-state index in [2.05, 4.69) is 17.1 Å². The second-order valence-corrected chi connectivity index (χ2v) is 9.01. The molecule has 0 radical (unpaired) electrons. The average Bonchev–Trinajstić information content (AvgIpc) is 2.54. The number of sulfonamides is 1. The van der Waals surface area contributed by atoms with Crippen molar-refractivity contribution < 1.29 is 13.2 Å². The van der Waals surface area contributed by atoms with Crippen LogP contribution in [0.15, 0.2) is 29.2 Å². The standard InChI is InChI=1S/C17H27N3O3S/c1-5-19-9-11-20(12-10-19)24(22,23)15-8-6-7-14(13-15)18-16(21)17(2,3)4/h6-8,13H,5,9-12H2,1-4H3,(H,18,21). The fourth-order valence-electron chi connectivity index (χ4n) is 2.49. The molecule has 1 fully saturated rings. The minimum absolute atomic E-state index is 0.145. The number of likely N-dealkylation sites (N-methyl/N-ethyl adjacent to an activating group) is 1. The quantitative estimate of drug-likeness (QED) is 0.899. The van der Waals surface area contributed by atoms with Crippen molar-refractivity contribution in [3.63, 3.8) is 0 Å². The average molecular weight is 353 g/mol. The van der Waals surface area contributed by atoms with Crippen molar-refractivity contribution in [2.45, 2.75) is 32.6 Å². The lowest BCUT2D eigenvalue weighted by atomic mass is 9.95. The Morgan fingerprint density at radius 3 is 2.33 bits per heavy atom. The fourth-order valence-corrected chi connectivity index (χ4v) is 3.96. The molecule has 7 heteroatoms. The molecule has 24 heavy (non-hydrogen) atoms. The summed E-state index contributed by atoms with van der Waals surface area (Å²) in [7, 11) is -3.53. The molecule has 1 aliphatic heterocycles. The van der Waals surface area contributed by atoms with Crippen LogP contribution in [0.3, 0.4) is 0 Å². The lowest BCUT2D eigenvalue weighted by molar-refractivity contribution is -0.123. The van der Waals surface area contributed by atoms with Gasteiger partial charge in [0.2, 0.25) is 15.9 Å². The normalized spacial score (nSPS) is 17.7. The summed E-state index contributed by atoms with van der Waals surface area (Å²) in [5.41, 5.74) is -0.0334. The number of amides is 1. The molecule has 1 saturated heterocycles. The molecule has 0 atom stereocenters. The summed E-state index contributed by atoms with van der Waals surface area (Å²) < 4.78 is 27.1. The molecule has 2 rings (SSSR count). The van der Waals surface area contributed by atoms with Crippen LogP contribution >= 0.6 is 0 Å². The topological polar surface area (TPSA) is 69.7 Å². The van der Waals surface area contributed by atoms with Crippen molar-refractivity contribution in [2.75, 3.05) is 38.0 Å². The number of hydrogen-bond acceptors (Lipinski definition) is 4. The lowest BCUT2D eigenvalue weighted by Crippen LogP contribution is -2.48. The van der Waals surface area contributed by atoms with Gasteiger partial charge in [0, 0.05) is 37.3 Å². The van der Waals surface area contributed by atoms with Crippen LogP contribution in [0.5, 0.6) is 0 Å². The molecule has 0 saturated carbocycles. The first-order chi connectivity index (χ1) is 11.1. The number of nitrogens with one attached hydrogen (secondary N) is 1. The summed E-state index contributed by atoms with van der Waals surface area (Å²) in [5, 5.41) is 2.78. The summed E-state index contributed by atoms with van der Waals surface area (Å²) >= 11 is 0. The van der Waals surface area contributed by atoms with E-state index in [0.29, 0.717) is 18.8 Å². The first-order valence-corrected chi connectivity index (χ1v) is 9.72. The Morgan fingerprint density at radius 2 is 1.79 bits per heavy atom. The molecule has 134 valence electrons. The molecule has 1 aromatic carbocycles. The molecule has 0 spiro atoms. The summed E-state index contributed by atoms with van der Waals surface area (Å²) in [4.78, 5) is 14.5. The van der Waals surface area contributed by atoms with E-state index in [1.54, 1.807) is 18.2 Å². The third-order valence-corrected chi connectivity index (χ3v) is 6.08. The van der Waals surface area contributed by atoms with Gasteiger partial charge in [0.25, 0.3) is 0 Å². The molecule has 0 aliphatic carbocycles. The molecule has 1 aromatic rings. The van der Waals surface area contributed by atoms with Crippen LogP contribution in [-0.4, -0.2) is 56.3 Å². The molecule has 1 N–H and O–H groups in total. The van der Waals surface area contributed by atoms with Crippen molar-refractivity contribution in [1.82, 2.24) is 9.21 Å². The van der Waals surface area contributed by atoms with Crippen molar-refractivity contribution in [1.29, 1.82) is 0 Å². The highest BCUT2D eigenvalue weighted by molar-refractivity contribution is 7.89. The van der Waals surface area contributed by atoms with Gasteiger partial charge in [-0.25, -0.2) is 8.42 Å². The van der Waals surface area contributed by atoms with Gasteiger partial charge in [-0.2, -0.15) is 4.31 Å². The molecule has 1 aliphatic rings. The number of benzene rings is 1. The Balaban J connectivity index is 2.17. The van der Waals surface area contributed by atoms with Crippen LogP contribution < -0.4 is 5.32 Å². The van der Waals surface area contributed by atoms with Crippen LogP contribution in [0.2, 0.25) is 0 Å². The SMILES string of the molecule is CCN1CCN(S(=O)(=O)c2cccc(NC(=O)C(C)(C)C)c2)CC1. The van der Waals surface area contributed by atoms with E-state index in [9.17, 15) is 13.2 Å². The van der Waals surface area contributed by atoms with Crippen LogP contribution in [-0.2, 0) is 14.8 Å². The van der Waals surface area contributed by atoms with E-state index >= 15 is 0 Å². The Hall–Kier alpha value is -1.44. The third-order valence-electron chi connectivity index (χ3n) is 4.19. The summed E-state index contributed by atoms with van der Waals surface area (Å²) in [6, 6.07) is 6.48. The largest absolute Gasteiger partial charge is 0.326 e. The second-order valence-electron chi connectivity index (χ2n) is 7.07. The number of piperazine rings is 1. The molecular weight excluding hydrogens is 326 g/mol. The Kier molecular flexibility index (Phi) is 5.67. The first-order valence-electron chi connectivity index (χ1n) is 8.28. The summed E-state index contributed by atoms with van der Waals surface area (Å²) in [5.74, 6) is -0.145. The number of nitrogens with zero attached hydrogens (tertiary/aromatic N) is 2.